The molecule has 0 fully saturated rings. The molecule has 4 N–H and O–H groups in total. The highest BCUT2D eigenvalue weighted by Crippen LogP contribution is 2.26. The number of hydrogen-bond donors (Lipinski definition) is 3. The summed E-state index contributed by atoms with van der Waals surface area (Å²) in [6.45, 7) is 1.20. The molecular weight excluding hydrogens is 274 g/mol. The number of anilines is 1. The van der Waals surface area contributed by atoms with Gasteiger partial charge in [-0.2, -0.15) is 5.26 Å². The molecule has 0 saturated heterocycles. The normalized spacial score (nSPS) is 24.2. The van der Waals surface area contributed by atoms with E-state index in [0.29, 0.717) is 0 Å². The van der Waals surface area contributed by atoms with Gasteiger partial charge in [0.15, 0.2) is 5.11 Å². The Kier molecular flexibility index (Phi) is 2.68. The van der Waals surface area contributed by atoms with E-state index in [-0.39, 0.29) is 22.2 Å². The van der Waals surface area contributed by atoms with Crippen molar-refractivity contribution in [1.82, 2.24) is 5.32 Å². The number of carbonyl (C=O) groups excluding carboxylic acids is 1. The van der Waals surface area contributed by atoms with Gasteiger partial charge in [-0.25, -0.2) is 4.99 Å². The van der Waals surface area contributed by atoms with Crippen LogP contribution in [0.1, 0.15) is 24.0 Å². The lowest BCUT2D eigenvalue weighted by Crippen LogP contribution is -2.43. The number of nitrogens with two attached hydrogens (primary N) is 1. The fourth-order valence-corrected chi connectivity index (χ4v) is 1.93. The Morgan fingerprint density at radius 3 is 2.80 bits per heavy atom. The lowest BCUT2D eigenvalue weighted by atomic mass is 9.92. The van der Waals surface area contributed by atoms with Gasteiger partial charge in [0.05, 0.1) is 17.6 Å². The first-order valence-corrected chi connectivity index (χ1v) is 6.01. The van der Waals surface area contributed by atoms with Gasteiger partial charge in [0.25, 0.3) is 0 Å². The van der Waals surface area contributed by atoms with E-state index in [1.54, 1.807) is 0 Å². The zero-order chi connectivity index (χ0) is 18.2. The molecule has 1 aliphatic heterocycles. The lowest BCUT2D eigenvalue weighted by molar-refractivity contribution is -0.114. The van der Waals surface area contributed by atoms with Crippen molar-refractivity contribution in [3.63, 3.8) is 0 Å². The van der Waals surface area contributed by atoms with Crippen LogP contribution in [0.2, 0.25) is 0 Å². The van der Waals surface area contributed by atoms with Crippen LogP contribution in [0.4, 0.5) is 5.69 Å². The Morgan fingerprint density at radius 2 is 2.25 bits per heavy atom. The molecule has 1 heterocycles. The van der Waals surface area contributed by atoms with Gasteiger partial charge in [-0.15, -0.1) is 0 Å². The van der Waals surface area contributed by atoms with Crippen molar-refractivity contribution in [3.8, 4) is 6.07 Å². The molecule has 1 aromatic rings. The van der Waals surface area contributed by atoms with E-state index in [0.717, 1.165) is 0 Å². The van der Waals surface area contributed by atoms with E-state index >= 15 is 0 Å². The molecule has 1 amide bonds. The minimum absolute atomic E-state index is 0.00759. The van der Waals surface area contributed by atoms with Crippen molar-refractivity contribution in [2.75, 3.05) is 5.32 Å². The second kappa shape index (κ2) is 5.67. The topological polar surface area (TPSA) is 103 Å². The third-order valence-corrected chi connectivity index (χ3v) is 2.77. The van der Waals surface area contributed by atoms with Crippen molar-refractivity contribution >= 4 is 34.8 Å². The van der Waals surface area contributed by atoms with Gasteiger partial charge in [-0.1, -0.05) is 12.1 Å². The molecule has 20 heavy (non-hydrogen) atoms. The standard InChI is InChI=1S/C13H13N5OS/c1-7(19)16-9-4-2-8(3-5-9)11-10(6-14)12(15)18-13(20)17-11/h2-5,10-11H,1H3,(H,16,19)(H3,15,17,18,20)/i2D,3D,4D,5D. The molecule has 102 valence electrons. The molecule has 0 bridgehead atoms. The number of aliphatic imine (C=N–C) groups is 1. The summed E-state index contributed by atoms with van der Waals surface area (Å²) in [4.78, 5) is 15.0. The van der Waals surface area contributed by atoms with Crippen LogP contribution in [-0.2, 0) is 4.79 Å². The van der Waals surface area contributed by atoms with Crippen LogP contribution in [0.5, 0.6) is 0 Å². The van der Waals surface area contributed by atoms with Crippen LogP contribution >= 0.6 is 12.2 Å². The Balaban J connectivity index is 2.68. The van der Waals surface area contributed by atoms with E-state index < -0.39 is 42.0 Å². The molecule has 0 aliphatic carbocycles. The largest absolute Gasteiger partial charge is 0.386 e. The smallest absolute Gasteiger partial charge is 0.221 e. The first-order chi connectivity index (χ1) is 11.2. The summed E-state index contributed by atoms with van der Waals surface area (Å²) in [5, 5.41) is 14.3. The van der Waals surface area contributed by atoms with Crippen LogP contribution < -0.4 is 16.4 Å². The van der Waals surface area contributed by atoms with Crippen LogP contribution in [0.25, 0.3) is 0 Å². The first kappa shape index (κ1) is 9.44. The van der Waals surface area contributed by atoms with E-state index in [1.807, 2.05) is 6.07 Å². The molecule has 1 aromatic carbocycles. The molecule has 1 aliphatic rings. The van der Waals surface area contributed by atoms with E-state index in [9.17, 15) is 10.1 Å². The van der Waals surface area contributed by atoms with Crippen LogP contribution in [0.3, 0.4) is 0 Å². The number of nitriles is 1. The molecule has 0 aromatic heterocycles. The average molecular weight is 291 g/mol. The molecule has 0 spiro atoms. The number of amides is 1. The number of amidine groups is 1. The Bertz CT molecular complexity index is 791. The van der Waals surface area contributed by atoms with Gasteiger partial charge >= 0.3 is 0 Å². The molecule has 0 radical (unpaired) electrons. The third-order valence-electron chi connectivity index (χ3n) is 2.56. The zero-order valence-corrected chi connectivity index (χ0v) is 11.3. The fraction of sp³-hybridized carbons (Fsp3) is 0.231. The first-order valence-electron chi connectivity index (χ1n) is 7.61. The van der Waals surface area contributed by atoms with Gasteiger partial charge < -0.3 is 16.4 Å². The highest BCUT2D eigenvalue weighted by atomic mass is 32.1. The maximum atomic E-state index is 11.2. The van der Waals surface area contributed by atoms with Gasteiger partial charge in [-0.05, 0) is 29.9 Å². The number of carbonyl (C=O) groups is 1. The lowest BCUT2D eigenvalue weighted by Gasteiger charge is -2.27. The second-order valence-corrected chi connectivity index (χ2v) is 4.43. The number of nitrogens with zero attached hydrogens (tertiary/aromatic N) is 2. The fourth-order valence-electron chi connectivity index (χ4n) is 1.70. The molecule has 7 heteroatoms. The highest BCUT2D eigenvalue weighted by Gasteiger charge is 2.30. The quantitative estimate of drug-likeness (QED) is 0.707. The molecule has 6 nitrogen and oxygen atoms in total. The summed E-state index contributed by atoms with van der Waals surface area (Å²) >= 11 is 4.93. The maximum absolute atomic E-state index is 11.2. The Morgan fingerprint density at radius 1 is 1.60 bits per heavy atom. The van der Waals surface area contributed by atoms with E-state index in [4.69, 9.17) is 23.4 Å². The summed E-state index contributed by atoms with van der Waals surface area (Å²) in [5.74, 6) is -1.59. The summed E-state index contributed by atoms with van der Waals surface area (Å²) in [6.07, 6.45) is 0. The van der Waals surface area contributed by atoms with Crippen molar-refractivity contribution < 1.29 is 10.3 Å². The third kappa shape index (κ3) is 2.92. The molecule has 2 unspecified atom stereocenters. The minimum Gasteiger partial charge on any atom is -0.386 e. The van der Waals surface area contributed by atoms with E-state index in [1.165, 1.54) is 6.92 Å². The van der Waals surface area contributed by atoms with Gasteiger partial charge in [0, 0.05) is 12.6 Å². The minimum atomic E-state index is -1.00. The summed E-state index contributed by atoms with van der Waals surface area (Å²) in [6, 6.07) is -0.682. The molecule has 2 atom stereocenters. The molecule has 2 rings (SSSR count). The van der Waals surface area contributed by atoms with Crippen molar-refractivity contribution in [1.29, 1.82) is 5.26 Å². The SMILES string of the molecule is [2H]c1c([2H])c(C2NC(=S)N=C(N)C2C#N)c([2H])c([2H])c1NC(C)=O. The van der Waals surface area contributed by atoms with Gasteiger partial charge in [0.1, 0.15) is 11.8 Å². The van der Waals surface area contributed by atoms with Crippen molar-refractivity contribution in [2.24, 2.45) is 16.6 Å². The van der Waals surface area contributed by atoms with Crippen LogP contribution in [0.15, 0.2) is 29.2 Å². The van der Waals surface area contributed by atoms with Crippen LogP contribution in [-0.4, -0.2) is 16.9 Å². The zero-order valence-electron chi connectivity index (χ0n) is 14.4. The average Bonchev–Trinajstić information content (AvgIpc) is 2.49. The van der Waals surface area contributed by atoms with Gasteiger partial charge in [-0.3, -0.25) is 4.79 Å². The summed E-state index contributed by atoms with van der Waals surface area (Å²) < 4.78 is 32.3. The summed E-state index contributed by atoms with van der Waals surface area (Å²) in [7, 11) is 0. The van der Waals surface area contributed by atoms with Crippen LogP contribution in [0, 0.1) is 17.2 Å². The Labute approximate surface area is 127 Å². The number of benzene rings is 1. The summed E-state index contributed by atoms with van der Waals surface area (Å²) in [5.41, 5.74) is 5.42. The number of hydrogen-bond acceptors (Lipinski definition) is 4. The Hall–Kier alpha value is -2.46. The van der Waals surface area contributed by atoms with Crippen molar-refractivity contribution in [3.05, 3.63) is 29.7 Å². The maximum Gasteiger partial charge on any atom is 0.221 e. The van der Waals surface area contributed by atoms with Gasteiger partial charge in [0.2, 0.25) is 5.91 Å². The number of thiocarbonyl (C=S) groups is 1. The monoisotopic (exact) mass is 291 g/mol. The molecule has 0 saturated carbocycles. The van der Waals surface area contributed by atoms with Crippen molar-refractivity contribution in [2.45, 2.75) is 13.0 Å². The predicted octanol–water partition coefficient (Wildman–Crippen LogP) is 1.07. The molecular formula is C13H13N5OS. The highest BCUT2D eigenvalue weighted by molar-refractivity contribution is 7.80. The second-order valence-electron chi connectivity index (χ2n) is 4.04. The predicted molar refractivity (Wildman–Crippen MR) is 79.9 cm³/mol. The number of nitrogens with one attached hydrogen (secondary N) is 2. The number of rotatable bonds is 2. The van der Waals surface area contributed by atoms with E-state index in [2.05, 4.69) is 15.6 Å².